The van der Waals surface area contributed by atoms with Crippen molar-refractivity contribution < 1.29 is 9.53 Å². The summed E-state index contributed by atoms with van der Waals surface area (Å²) in [5, 5.41) is 3.03. The van der Waals surface area contributed by atoms with Crippen LogP contribution in [0.3, 0.4) is 0 Å². The molecule has 0 bridgehead atoms. The van der Waals surface area contributed by atoms with Gasteiger partial charge in [-0.15, -0.1) is 0 Å². The Balaban J connectivity index is 1.93. The third kappa shape index (κ3) is 4.43. The number of amides is 1. The second-order valence-electron chi connectivity index (χ2n) is 5.36. The average molecular weight is 297 g/mol. The molecule has 2 rings (SSSR count). The van der Waals surface area contributed by atoms with Crippen LogP contribution in [0, 0.1) is 0 Å². The number of carbonyl (C=O) groups excluding carboxylic acids is 1. The lowest BCUT2D eigenvalue weighted by Crippen LogP contribution is -2.28. The number of methoxy groups -OCH3 is 1. The van der Waals surface area contributed by atoms with Gasteiger partial charge in [-0.25, -0.2) is 0 Å². The predicted octanol–water partition coefficient (Wildman–Crippen LogP) is 3.76. The maximum atomic E-state index is 12.2. The standard InChI is InChI=1S/C19H23NO2/c1-3-16(17-7-5-4-6-8-17)13-20-19(21)18-11-9-15(10-12-18)14-22-2/h4-12,16H,3,13-14H2,1-2H3,(H,20,21). The third-order valence-electron chi connectivity index (χ3n) is 3.80. The smallest absolute Gasteiger partial charge is 0.251 e. The van der Waals surface area contributed by atoms with Gasteiger partial charge in [-0.1, -0.05) is 49.4 Å². The van der Waals surface area contributed by atoms with Crippen LogP contribution in [0.15, 0.2) is 54.6 Å². The highest BCUT2D eigenvalue weighted by Gasteiger charge is 2.11. The molecule has 0 saturated heterocycles. The van der Waals surface area contributed by atoms with Crippen molar-refractivity contribution in [1.82, 2.24) is 5.32 Å². The lowest BCUT2D eigenvalue weighted by atomic mass is 9.96. The van der Waals surface area contributed by atoms with Crippen molar-refractivity contribution in [2.24, 2.45) is 0 Å². The van der Waals surface area contributed by atoms with Crippen molar-refractivity contribution in [1.29, 1.82) is 0 Å². The quantitative estimate of drug-likeness (QED) is 0.845. The number of nitrogens with one attached hydrogen (secondary N) is 1. The molecule has 1 N–H and O–H groups in total. The number of hydrogen-bond acceptors (Lipinski definition) is 2. The van der Waals surface area contributed by atoms with E-state index in [9.17, 15) is 4.79 Å². The molecule has 0 heterocycles. The molecule has 3 heteroatoms. The van der Waals surface area contributed by atoms with Gasteiger partial charge in [0.15, 0.2) is 0 Å². The van der Waals surface area contributed by atoms with Gasteiger partial charge in [0.25, 0.3) is 5.91 Å². The van der Waals surface area contributed by atoms with Crippen LogP contribution in [0.2, 0.25) is 0 Å². The highest BCUT2D eigenvalue weighted by atomic mass is 16.5. The van der Waals surface area contributed by atoms with Crippen molar-refractivity contribution in [2.45, 2.75) is 25.9 Å². The van der Waals surface area contributed by atoms with Gasteiger partial charge in [0, 0.05) is 25.1 Å². The Kier molecular flexibility index (Phi) is 6.16. The highest BCUT2D eigenvalue weighted by molar-refractivity contribution is 5.94. The van der Waals surface area contributed by atoms with Gasteiger partial charge in [-0.2, -0.15) is 0 Å². The Morgan fingerprint density at radius 2 is 1.77 bits per heavy atom. The average Bonchev–Trinajstić information content (AvgIpc) is 2.57. The van der Waals surface area contributed by atoms with Crippen LogP contribution in [0.1, 0.15) is 40.7 Å². The molecule has 2 aromatic carbocycles. The van der Waals surface area contributed by atoms with Crippen LogP contribution >= 0.6 is 0 Å². The molecule has 0 aliphatic heterocycles. The Bertz CT molecular complexity index is 578. The van der Waals surface area contributed by atoms with Gasteiger partial charge in [0.1, 0.15) is 0 Å². The van der Waals surface area contributed by atoms with Crippen LogP contribution in [-0.4, -0.2) is 19.6 Å². The minimum Gasteiger partial charge on any atom is -0.380 e. The summed E-state index contributed by atoms with van der Waals surface area (Å²) < 4.78 is 5.07. The molecule has 1 unspecified atom stereocenters. The van der Waals surface area contributed by atoms with E-state index in [1.807, 2.05) is 42.5 Å². The van der Waals surface area contributed by atoms with Gasteiger partial charge in [-0.05, 0) is 29.7 Å². The molecule has 2 aromatic rings. The summed E-state index contributed by atoms with van der Waals surface area (Å²) in [6, 6.07) is 17.8. The van der Waals surface area contributed by atoms with E-state index in [0.717, 1.165) is 12.0 Å². The summed E-state index contributed by atoms with van der Waals surface area (Å²) in [4.78, 5) is 12.2. The van der Waals surface area contributed by atoms with Crippen molar-refractivity contribution in [3.63, 3.8) is 0 Å². The molecule has 3 nitrogen and oxygen atoms in total. The first-order valence-corrected chi connectivity index (χ1v) is 7.65. The zero-order valence-corrected chi connectivity index (χ0v) is 13.2. The minimum atomic E-state index is -0.0293. The Hall–Kier alpha value is -2.13. The normalized spacial score (nSPS) is 11.9. The molecule has 0 aliphatic rings. The fraction of sp³-hybridized carbons (Fsp3) is 0.316. The van der Waals surface area contributed by atoms with Crippen molar-refractivity contribution in [3.05, 3.63) is 71.3 Å². The van der Waals surface area contributed by atoms with Gasteiger partial charge in [-0.3, -0.25) is 4.79 Å². The summed E-state index contributed by atoms with van der Waals surface area (Å²) in [5.74, 6) is 0.316. The number of rotatable bonds is 7. The monoisotopic (exact) mass is 297 g/mol. The second-order valence-corrected chi connectivity index (χ2v) is 5.36. The van der Waals surface area contributed by atoms with E-state index in [1.165, 1.54) is 5.56 Å². The molecular formula is C19H23NO2. The third-order valence-corrected chi connectivity index (χ3v) is 3.80. The van der Waals surface area contributed by atoms with Crippen LogP contribution in [-0.2, 0) is 11.3 Å². The Labute approximate surface area is 132 Å². The molecule has 1 amide bonds. The lowest BCUT2D eigenvalue weighted by molar-refractivity contribution is 0.0951. The molecule has 22 heavy (non-hydrogen) atoms. The summed E-state index contributed by atoms with van der Waals surface area (Å²) in [7, 11) is 1.66. The molecule has 0 aliphatic carbocycles. The SMILES string of the molecule is CCC(CNC(=O)c1ccc(COC)cc1)c1ccccc1. The van der Waals surface area contributed by atoms with Crippen LogP contribution < -0.4 is 5.32 Å². The first kappa shape index (κ1) is 16.2. The Morgan fingerprint density at radius 3 is 2.36 bits per heavy atom. The van der Waals surface area contributed by atoms with E-state index in [0.29, 0.717) is 24.6 Å². The molecule has 0 saturated carbocycles. The number of benzene rings is 2. The molecule has 0 spiro atoms. The summed E-state index contributed by atoms with van der Waals surface area (Å²) in [6.07, 6.45) is 0.997. The minimum absolute atomic E-state index is 0.0293. The molecular weight excluding hydrogens is 274 g/mol. The molecule has 0 fully saturated rings. The maximum Gasteiger partial charge on any atom is 0.251 e. The zero-order chi connectivity index (χ0) is 15.8. The van der Waals surface area contributed by atoms with Crippen molar-refractivity contribution >= 4 is 5.91 Å². The van der Waals surface area contributed by atoms with Gasteiger partial charge < -0.3 is 10.1 Å². The fourth-order valence-electron chi connectivity index (χ4n) is 2.46. The number of ether oxygens (including phenoxy) is 1. The summed E-state index contributed by atoms with van der Waals surface area (Å²) in [6.45, 7) is 3.36. The maximum absolute atomic E-state index is 12.2. The van der Waals surface area contributed by atoms with E-state index >= 15 is 0 Å². The largest absolute Gasteiger partial charge is 0.380 e. The molecule has 0 aromatic heterocycles. The first-order valence-electron chi connectivity index (χ1n) is 7.65. The van der Waals surface area contributed by atoms with E-state index in [1.54, 1.807) is 7.11 Å². The van der Waals surface area contributed by atoms with Gasteiger partial charge in [0.2, 0.25) is 0 Å². The van der Waals surface area contributed by atoms with Gasteiger partial charge in [0.05, 0.1) is 6.61 Å². The number of carbonyl (C=O) groups is 1. The number of hydrogen-bond donors (Lipinski definition) is 1. The topological polar surface area (TPSA) is 38.3 Å². The Morgan fingerprint density at radius 1 is 1.09 bits per heavy atom. The summed E-state index contributed by atoms with van der Waals surface area (Å²) >= 11 is 0. The van der Waals surface area contributed by atoms with Crippen LogP contribution in [0.5, 0.6) is 0 Å². The lowest BCUT2D eigenvalue weighted by Gasteiger charge is -2.16. The molecule has 116 valence electrons. The zero-order valence-electron chi connectivity index (χ0n) is 13.2. The molecule has 0 radical (unpaired) electrons. The summed E-state index contributed by atoms with van der Waals surface area (Å²) in [5.41, 5.74) is 3.01. The van der Waals surface area contributed by atoms with Crippen LogP contribution in [0.4, 0.5) is 0 Å². The van der Waals surface area contributed by atoms with E-state index in [4.69, 9.17) is 4.74 Å². The first-order chi connectivity index (χ1) is 10.7. The van der Waals surface area contributed by atoms with Crippen LogP contribution in [0.25, 0.3) is 0 Å². The molecule has 1 atom stereocenters. The van der Waals surface area contributed by atoms with E-state index < -0.39 is 0 Å². The predicted molar refractivity (Wildman–Crippen MR) is 89.0 cm³/mol. The highest BCUT2D eigenvalue weighted by Crippen LogP contribution is 2.18. The fourth-order valence-corrected chi connectivity index (χ4v) is 2.46. The van der Waals surface area contributed by atoms with E-state index in [2.05, 4.69) is 24.4 Å². The van der Waals surface area contributed by atoms with E-state index in [-0.39, 0.29) is 5.91 Å². The van der Waals surface area contributed by atoms with Crippen molar-refractivity contribution in [3.8, 4) is 0 Å². The van der Waals surface area contributed by atoms with Crippen molar-refractivity contribution in [2.75, 3.05) is 13.7 Å². The van der Waals surface area contributed by atoms with Gasteiger partial charge >= 0.3 is 0 Å². The second kappa shape index (κ2) is 8.35.